The van der Waals surface area contributed by atoms with Gasteiger partial charge in [-0.05, 0) is 55.6 Å². The minimum atomic E-state index is -3.26. The van der Waals surface area contributed by atoms with E-state index < -0.39 is 10.0 Å². The van der Waals surface area contributed by atoms with Gasteiger partial charge in [0.05, 0.1) is 12.3 Å². The second-order valence-corrected chi connectivity index (χ2v) is 9.44. The van der Waals surface area contributed by atoms with Crippen LogP contribution in [0.2, 0.25) is 0 Å². The van der Waals surface area contributed by atoms with Crippen molar-refractivity contribution in [2.45, 2.75) is 32.6 Å². The lowest BCUT2D eigenvalue weighted by molar-refractivity contribution is 0.587. The third kappa shape index (κ3) is 7.49. The highest BCUT2D eigenvalue weighted by molar-refractivity contribution is 14.0. The van der Waals surface area contributed by atoms with E-state index in [4.69, 9.17) is 0 Å². The van der Waals surface area contributed by atoms with Gasteiger partial charge in [-0.15, -0.1) is 24.0 Å². The first-order chi connectivity index (χ1) is 14.9. The molecule has 0 radical (unpaired) electrons. The Hall–Kier alpha value is -2.11. The SMILES string of the molecule is CCNC(=NCc1ccc(CS(=O)(=O)NC)cc1)NCCc1c[nH]c2cc(C)ccc12.I. The van der Waals surface area contributed by atoms with Gasteiger partial charge >= 0.3 is 0 Å². The zero-order chi connectivity index (χ0) is 22.3. The van der Waals surface area contributed by atoms with Gasteiger partial charge in [0.25, 0.3) is 0 Å². The zero-order valence-corrected chi connectivity index (χ0v) is 21.9. The van der Waals surface area contributed by atoms with E-state index in [9.17, 15) is 8.42 Å². The predicted octanol–water partition coefficient (Wildman–Crippen LogP) is 3.44. The van der Waals surface area contributed by atoms with Crippen molar-refractivity contribution in [2.24, 2.45) is 4.99 Å². The van der Waals surface area contributed by atoms with E-state index in [2.05, 4.69) is 56.7 Å². The van der Waals surface area contributed by atoms with Gasteiger partial charge < -0.3 is 15.6 Å². The number of nitrogens with zero attached hydrogens (tertiary/aromatic N) is 1. The molecule has 3 aromatic rings. The number of sulfonamides is 1. The Morgan fingerprint density at radius 2 is 1.78 bits per heavy atom. The molecule has 0 spiro atoms. The lowest BCUT2D eigenvalue weighted by atomic mass is 10.1. The molecular formula is C23H32IN5O2S. The molecule has 2 aromatic carbocycles. The molecule has 0 fully saturated rings. The van der Waals surface area contributed by atoms with Crippen LogP contribution in [-0.2, 0) is 28.7 Å². The van der Waals surface area contributed by atoms with Crippen molar-refractivity contribution in [3.8, 4) is 0 Å². The number of aromatic amines is 1. The lowest BCUT2D eigenvalue weighted by Crippen LogP contribution is -2.38. The van der Waals surface area contributed by atoms with Crippen molar-refractivity contribution in [1.29, 1.82) is 0 Å². The summed E-state index contributed by atoms with van der Waals surface area (Å²) >= 11 is 0. The first-order valence-electron chi connectivity index (χ1n) is 10.5. The van der Waals surface area contributed by atoms with Gasteiger partial charge in [-0.1, -0.05) is 36.4 Å². The van der Waals surface area contributed by atoms with Gasteiger partial charge in [0.15, 0.2) is 5.96 Å². The zero-order valence-electron chi connectivity index (χ0n) is 18.7. The summed E-state index contributed by atoms with van der Waals surface area (Å²) < 4.78 is 25.7. The summed E-state index contributed by atoms with van der Waals surface area (Å²) in [5, 5.41) is 7.92. The van der Waals surface area contributed by atoms with Crippen LogP contribution in [-0.4, -0.2) is 39.5 Å². The van der Waals surface area contributed by atoms with Crippen LogP contribution in [0.1, 0.15) is 29.2 Å². The minimum Gasteiger partial charge on any atom is -0.361 e. The van der Waals surface area contributed by atoms with Crippen LogP contribution in [0.15, 0.2) is 53.7 Å². The topological polar surface area (TPSA) is 98.4 Å². The Labute approximate surface area is 207 Å². The number of aromatic nitrogens is 1. The first kappa shape index (κ1) is 26.1. The number of halogens is 1. The van der Waals surface area contributed by atoms with Gasteiger partial charge in [0.2, 0.25) is 10.0 Å². The molecule has 0 atom stereocenters. The van der Waals surface area contributed by atoms with Crippen LogP contribution in [0.3, 0.4) is 0 Å². The number of fused-ring (bicyclic) bond motifs is 1. The summed E-state index contributed by atoms with van der Waals surface area (Å²) in [4.78, 5) is 8.00. The van der Waals surface area contributed by atoms with Crippen molar-refractivity contribution in [3.63, 3.8) is 0 Å². The van der Waals surface area contributed by atoms with Crippen LogP contribution < -0.4 is 15.4 Å². The maximum atomic E-state index is 11.7. The molecule has 7 nitrogen and oxygen atoms in total. The third-order valence-electron chi connectivity index (χ3n) is 5.06. The van der Waals surface area contributed by atoms with E-state index in [0.29, 0.717) is 6.54 Å². The summed E-state index contributed by atoms with van der Waals surface area (Å²) in [7, 11) is -1.84. The van der Waals surface area contributed by atoms with E-state index in [-0.39, 0.29) is 29.7 Å². The van der Waals surface area contributed by atoms with Crippen molar-refractivity contribution in [1.82, 2.24) is 20.3 Å². The third-order valence-corrected chi connectivity index (χ3v) is 6.40. The maximum Gasteiger partial charge on any atom is 0.215 e. The van der Waals surface area contributed by atoms with E-state index in [0.717, 1.165) is 36.6 Å². The summed E-state index contributed by atoms with van der Waals surface area (Å²) in [5.74, 6) is 0.741. The van der Waals surface area contributed by atoms with E-state index in [1.54, 1.807) is 0 Å². The molecule has 0 saturated carbocycles. The van der Waals surface area contributed by atoms with Crippen LogP contribution in [0.25, 0.3) is 10.9 Å². The molecule has 0 unspecified atom stereocenters. The quantitative estimate of drug-likeness (QED) is 0.180. The summed E-state index contributed by atoms with van der Waals surface area (Å²) in [6.45, 7) is 6.20. The maximum absolute atomic E-state index is 11.7. The smallest absolute Gasteiger partial charge is 0.215 e. The minimum absolute atomic E-state index is 0. The highest BCUT2D eigenvalue weighted by atomic mass is 127. The molecule has 4 N–H and O–H groups in total. The second-order valence-electron chi connectivity index (χ2n) is 7.51. The standard InChI is InChI=1S/C23H31N5O2S.HI/c1-4-25-23(26-12-11-20-15-27-22-13-17(2)5-10-21(20)22)28-14-18-6-8-19(9-7-18)16-31(29,30)24-3;/h5-10,13,15,24,27H,4,11-12,14,16H2,1-3H3,(H2,25,26,28);1H. The number of nitrogens with one attached hydrogen (secondary N) is 4. The molecule has 1 heterocycles. The number of benzene rings is 2. The van der Waals surface area contributed by atoms with E-state index >= 15 is 0 Å². The van der Waals surface area contributed by atoms with Gasteiger partial charge in [0, 0.05) is 30.2 Å². The molecular weight excluding hydrogens is 537 g/mol. The number of guanidine groups is 1. The fraction of sp³-hybridized carbons (Fsp3) is 0.348. The van der Waals surface area contributed by atoms with Crippen molar-refractivity contribution >= 4 is 50.9 Å². The lowest BCUT2D eigenvalue weighted by Gasteiger charge is -2.11. The predicted molar refractivity (Wildman–Crippen MR) is 143 cm³/mol. The average molecular weight is 570 g/mol. The molecule has 0 aliphatic rings. The number of hydrogen-bond acceptors (Lipinski definition) is 3. The van der Waals surface area contributed by atoms with E-state index in [1.807, 2.05) is 31.2 Å². The molecule has 0 aliphatic heterocycles. The fourth-order valence-electron chi connectivity index (χ4n) is 3.37. The van der Waals surface area contributed by atoms with Crippen molar-refractivity contribution in [2.75, 3.05) is 20.1 Å². The number of H-pyrrole nitrogens is 1. The Bertz CT molecular complexity index is 1140. The van der Waals surface area contributed by atoms with Gasteiger partial charge in [-0.3, -0.25) is 0 Å². The second kappa shape index (κ2) is 12.2. The molecule has 3 rings (SSSR count). The Morgan fingerprint density at radius 1 is 1.06 bits per heavy atom. The molecule has 0 saturated heterocycles. The molecule has 9 heteroatoms. The van der Waals surface area contributed by atoms with Crippen LogP contribution in [0, 0.1) is 6.92 Å². The Morgan fingerprint density at radius 3 is 2.47 bits per heavy atom. The Kier molecular flexibility index (Phi) is 9.98. The molecule has 174 valence electrons. The molecule has 0 amide bonds. The van der Waals surface area contributed by atoms with Crippen molar-refractivity contribution < 1.29 is 8.42 Å². The van der Waals surface area contributed by atoms with Gasteiger partial charge in [-0.25, -0.2) is 18.1 Å². The summed E-state index contributed by atoms with van der Waals surface area (Å²) in [5.41, 5.74) is 5.47. The van der Waals surface area contributed by atoms with Gasteiger partial charge in [-0.2, -0.15) is 0 Å². The highest BCUT2D eigenvalue weighted by Crippen LogP contribution is 2.19. The highest BCUT2D eigenvalue weighted by Gasteiger charge is 2.08. The average Bonchev–Trinajstić information content (AvgIpc) is 3.14. The van der Waals surface area contributed by atoms with Crippen LogP contribution in [0.5, 0.6) is 0 Å². The Balaban J connectivity index is 0.00000363. The van der Waals surface area contributed by atoms with Gasteiger partial charge in [0.1, 0.15) is 0 Å². The number of aliphatic imine (C=N–C) groups is 1. The first-order valence-corrected chi connectivity index (χ1v) is 12.1. The summed E-state index contributed by atoms with van der Waals surface area (Å²) in [6, 6.07) is 14.0. The molecule has 0 aliphatic carbocycles. The number of rotatable bonds is 9. The number of hydrogen-bond donors (Lipinski definition) is 4. The van der Waals surface area contributed by atoms with E-state index in [1.165, 1.54) is 29.1 Å². The largest absolute Gasteiger partial charge is 0.361 e. The van der Waals surface area contributed by atoms with Crippen LogP contribution in [0.4, 0.5) is 0 Å². The number of aryl methyl sites for hydroxylation is 1. The van der Waals surface area contributed by atoms with Crippen LogP contribution >= 0.6 is 24.0 Å². The normalized spacial score (nSPS) is 11.9. The fourth-order valence-corrected chi connectivity index (χ4v) is 4.14. The molecule has 1 aromatic heterocycles. The molecule has 0 bridgehead atoms. The summed E-state index contributed by atoms with van der Waals surface area (Å²) in [6.07, 6.45) is 2.97. The monoisotopic (exact) mass is 569 g/mol. The van der Waals surface area contributed by atoms with Crippen molar-refractivity contribution in [3.05, 3.63) is 70.9 Å². The molecule has 32 heavy (non-hydrogen) atoms.